The maximum Gasteiger partial charge on any atom is 0.389 e. The lowest BCUT2D eigenvalue weighted by molar-refractivity contribution is -0.136. The Morgan fingerprint density at radius 1 is 1.30 bits per heavy atom. The number of carbonyl (C=O) groups excluding carboxylic acids is 1. The highest BCUT2D eigenvalue weighted by atomic mass is 19.4. The van der Waals surface area contributed by atoms with Gasteiger partial charge in [-0.3, -0.25) is 10.1 Å². The molecule has 0 aliphatic carbocycles. The average molecular weight is 294 g/mol. The summed E-state index contributed by atoms with van der Waals surface area (Å²) in [6, 6.07) is -0.179. The highest BCUT2D eigenvalue weighted by Gasteiger charge is 2.37. The summed E-state index contributed by atoms with van der Waals surface area (Å²) >= 11 is 0. The van der Waals surface area contributed by atoms with Gasteiger partial charge in [0.25, 0.3) is 0 Å². The summed E-state index contributed by atoms with van der Waals surface area (Å²) in [4.78, 5) is 13.9. The molecule has 2 atom stereocenters. The third-order valence-electron chi connectivity index (χ3n) is 3.56. The first-order valence-electron chi connectivity index (χ1n) is 7.38. The van der Waals surface area contributed by atoms with Crippen LogP contribution in [0.4, 0.5) is 13.2 Å². The van der Waals surface area contributed by atoms with Gasteiger partial charge in [0.2, 0.25) is 5.91 Å². The largest absolute Gasteiger partial charge is 0.389 e. The van der Waals surface area contributed by atoms with E-state index in [1.165, 1.54) is 0 Å². The van der Waals surface area contributed by atoms with Gasteiger partial charge in [0.15, 0.2) is 0 Å². The summed E-state index contributed by atoms with van der Waals surface area (Å²) < 4.78 is 36.3. The van der Waals surface area contributed by atoms with Crippen LogP contribution in [0.15, 0.2) is 0 Å². The van der Waals surface area contributed by atoms with Gasteiger partial charge in [0.1, 0.15) is 0 Å². The first kappa shape index (κ1) is 17.3. The van der Waals surface area contributed by atoms with E-state index in [4.69, 9.17) is 0 Å². The second-order valence-electron chi connectivity index (χ2n) is 5.88. The van der Waals surface area contributed by atoms with Crippen LogP contribution >= 0.6 is 0 Å². The minimum atomic E-state index is -4.10. The molecule has 0 spiro atoms. The van der Waals surface area contributed by atoms with Crippen molar-refractivity contribution in [2.45, 2.75) is 71.3 Å². The fourth-order valence-corrected chi connectivity index (χ4v) is 2.56. The third kappa shape index (κ3) is 5.31. The van der Waals surface area contributed by atoms with E-state index in [1.54, 1.807) is 4.90 Å². The zero-order valence-corrected chi connectivity index (χ0v) is 12.5. The van der Waals surface area contributed by atoms with Gasteiger partial charge < -0.3 is 4.90 Å². The van der Waals surface area contributed by atoms with E-state index in [-0.39, 0.29) is 24.5 Å². The first-order valence-corrected chi connectivity index (χ1v) is 7.38. The lowest BCUT2D eigenvalue weighted by Crippen LogP contribution is -2.39. The molecule has 1 amide bonds. The molecule has 0 aromatic carbocycles. The van der Waals surface area contributed by atoms with Gasteiger partial charge in [-0.15, -0.1) is 0 Å². The topological polar surface area (TPSA) is 32.3 Å². The Morgan fingerprint density at radius 2 is 1.95 bits per heavy atom. The van der Waals surface area contributed by atoms with Gasteiger partial charge in [-0.25, -0.2) is 0 Å². The molecule has 0 bridgehead atoms. The van der Waals surface area contributed by atoms with E-state index in [9.17, 15) is 18.0 Å². The van der Waals surface area contributed by atoms with Crippen LogP contribution < -0.4 is 5.32 Å². The van der Waals surface area contributed by atoms with E-state index >= 15 is 0 Å². The molecular formula is C14H25F3N2O. The fourth-order valence-electron chi connectivity index (χ4n) is 2.56. The highest BCUT2D eigenvalue weighted by Crippen LogP contribution is 2.24. The van der Waals surface area contributed by atoms with E-state index in [1.807, 2.05) is 6.92 Å². The van der Waals surface area contributed by atoms with Crippen molar-refractivity contribution in [3.8, 4) is 0 Å². The molecular weight excluding hydrogens is 269 g/mol. The summed E-state index contributed by atoms with van der Waals surface area (Å²) in [7, 11) is 0. The van der Waals surface area contributed by atoms with Crippen molar-refractivity contribution in [2.75, 3.05) is 6.54 Å². The standard InChI is InChI=1S/C14H25F3N2O/c1-4-11-13(20)19(12(18-11)9-10(2)3)8-6-5-7-14(15,16)17/h10-12,18H,4-9H2,1-3H3. The first-order chi connectivity index (χ1) is 9.24. The number of alkyl halides is 3. The van der Waals surface area contributed by atoms with Crippen molar-refractivity contribution in [2.24, 2.45) is 5.92 Å². The highest BCUT2D eigenvalue weighted by molar-refractivity contribution is 5.84. The fraction of sp³-hybridized carbons (Fsp3) is 0.929. The van der Waals surface area contributed by atoms with Crippen LogP contribution in [-0.4, -0.2) is 35.7 Å². The monoisotopic (exact) mass is 294 g/mol. The van der Waals surface area contributed by atoms with Crippen LogP contribution in [0.25, 0.3) is 0 Å². The molecule has 1 aliphatic rings. The molecule has 1 rings (SSSR count). The quantitative estimate of drug-likeness (QED) is 0.731. The normalized spacial score (nSPS) is 23.9. The van der Waals surface area contributed by atoms with Crippen LogP contribution in [0.3, 0.4) is 0 Å². The van der Waals surface area contributed by atoms with Gasteiger partial charge in [0.05, 0.1) is 12.2 Å². The van der Waals surface area contributed by atoms with E-state index in [0.29, 0.717) is 25.3 Å². The predicted octanol–water partition coefficient (Wildman–Crippen LogP) is 3.30. The number of rotatable bonds is 7. The SMILES string of the molecule is CCC1NC(CC(C)C)N(CCCCC(F)(F)F)C1=O. The molecule has 0 aromatic rings. The van der Waals surface area contributed by atoms with Crippen molar-refractivity contribution >= 4 is 5.91 Å². The molecule has 0 saturated carbocycles. The summed E-state index contributed by atoms with van der Waals surface area (Å²) in [6.45, 7) is 6.51. The molecule has 118 valence electrons. The lowest BCUT2D eigenvalue weighted by atomic mass is 10.1. The average Bonchev–Trinajstić information content (AvgIpc) is 2.60. The Kier molecular flexibility index (Phi) is 6.30. The van der Waals surface area contributed by atoms with Crippen molar-refractivity contribution in [1.82, 2.24) is 10.2 Å². The van der Waals surface area contributed by atoms with Crippen molar-refractivity contribution in [3.05, 3.63) is 0 Å². The number of halogens is 3. The Bertz CT molecular complexity index is 318. The Labute approximate surface area is 118 Å². The predicted molar refractivity (Wildman–Crippen MR) is 72.1 cm³/mol. The minimum Gasteiger partial charge on any atom is -0.326 e. The second-order valence-corrected chi connectivity index (χ2v) is 5.88. The van der Waals surface area contributed by atoms with Gasteiger partial charge >= 0.3 is 6.18 Å². The number of nitrogens with one attached hydrogen (secondary N) is 1. The number of nitrogens with zero attached hydrogens (tertiary/aromatic N) is 1. The number of hydrogen-bond donors (Lipinski definition) is 1. The Morgan fingerprint density at radius 3 is 2.45 bits per heavy atom. The van der Waals surface area contributed by atoms with Crippen molar-refractivity contribution in [3.63, 3.8) is 0 Å². The third-order valence-corrected chi connectivity index (χ3v) is 3.56. The molecule has 3 nitrogen and oxygen atoms in total. The smallest absolute Gasteiger partial charge is 0.326 e. The zero-order valence-electron chi connectivity index (χ0n) is 12.5. The molecule has 1 saturated heterocycles. The zero-order chi connectivity index (χ0) is 15.3. The maximum atomic E-state index is 12.2. The molecule has 0 aromatic heterocycles. The summed E-state index contributed by atoms with van der Waals surface area (Å²) in [5.74, 6) is 0.471. The minimum absolute atomic E-state index is 0.0293. The number of hydrogen-bond acceptors (Lipinski definition) is 2. The van der Waals surface area contributed by atoms with Crippen molar-refractivity contribution in [1.29, 1.82) is 0 Å². The number of carbonyl (C=O) groups is 1. The van der Waals surface area contributed by atoms with E-state index in [2.05, 4.69) is 19.2 Å². The lowest BCUT2D eigenvalue weighted by Gasteiger charge is -2.25. The molecule has 6 heteroatoms. The van der Waals surface area contributed by atoms with Gasteiger partial charge in [-0.1, -0.05) is 20.8 Å². The van der Waals surface area contributed by atoms with Crippen LogP contribution in [-0.2, 0) is 4.79 Å². The molecule has 1 heterocycles. The molecule has 20 heavy (non-hydrogen) atoms. The molecule has 2 unspecified atom stereocenters. The van der Waals surface area contributed by atoms with Gasteiger partial charge in [-0.2, -0.15) is 13.2 Å². The van der Waals surface area contributed by atoms with Gasteiger partial charge in [-0.05, 0) is 31.6 Å². The van der Waals surface area contributed by atoms with Crippen LogP contribution in [0.5, 0.6) is 0 Å². The van der Waals surface area contributed by atoms with Crippen LogP contribution in [0.1, 0.15) is 52.9 Å². The second kappa shape index (κ2) is 7.29. The maximum absolute atomic E-state index is 12.2. The van der Waals surface area contributed by atoms with E-state index in [0.717, 1.165) is 6.42 Å². The summed E-state index contributed by atoms with van der Waals surface area (Å²) in [6.07, 6.45) is -2.87. The van der Waals surface area contributed by atoms with Crippen molar-refractivity contribution < 1.29 is 18.0 Å². The van der Waals surface area contributed by atoms with Gasteiger partial charge in [0, 0.05) is 13.0 Å². The Balaban J connectivity index is 2.48. The van der Waals surface area contributed by atoms with E-state index < -0.39 is 12.6 Å². The van der Waals surface area contributed by atoms with Crippen LogP contribution in [0.2, 0.25) is 0 Å². The summed E-state index contributed by atoms with van der Waals surface area (Å²) in [5, 5.41) is 3.28. The summed E-state index contributed by atoms with van der Waals surface area (Å²) in [5.41, 5.74) is 0. The number of amides is 1. The van der Waals surface area contributed by atoms with Crippen LogP contribution in [0, 0.1) is 5.92 Å². The molecule has 1 aliphatic heterocycles. The molecule has 1 N–H and O–H groups in total. The molecule has 1 fully saturated rings. The Hall–Kier alpha value is -0.780. The molecule has 0 radical (unpaired) electrons. The number of unbranched alkanes of at least 4 members (excludes halogenated alkanes) is 1.